The number of hydrogen-bond donors (Lipinski definition) is 2. The highest BCUT2D eigenvalue weighted by molar-refractivity contribution is 6.05. The number of hydrogen-bond acceptors (Lipinski definition) is 3. The number of nitrogens with one attached hydrogen (secondary N) is 2. The Labute approximate surface area is 164 Å². The first-order valence-corrected chi connectivity index (χ1v) is 8.97. The molecule has 3 aromatic rings. The fourth-order valence-electron chi connectivity index (χ4n) is 2.67. The molecular formula is C23H21N3O2. The zero-order valence-electron chi connectivity index (χ0n) is 15.5. The van der Waals surface area contributed by atoms with E-state index in [0.717, 1.165) is 5.56 Å². The minimum absolute atomic E-state index is 0.157. The van der Waals surface area contributed by atoms with Gasteiger partial charge in [-0.15, -0.1) is 0 Å². The van der Waals surface area contributed by atoms with Crippen molar-refractivity contribution in [1.82, 2.24) is 15.6 Å². The first-order valence-electron chi connectivity index (χ1n) is 8.97. The predicted octanol–water partition coefficient (Wildman–Crippen LogP) is 3.73. The molecule has 0 saturated carbocycles. The van der Waals surface area contributed by atoms with Gasteiger partial charge in [-0.1, -0.05) is 54.6 Å². The van der Waals surface area contributed by atoms with Crippen LogP contribution in [0.5, 0.6) is 0 Å². The molecule has 5 nitrogen and oxygen atoms in total. The number of aromatic nitrogens is 1. The van der Waals surface area contributed by atoms with Crippen LogP contribution in [0, 0.1) is 0 Å². The number of carbonyl (C=O) groups excluding carboxylic acids is 2. The van der Waals surface area contributed by atoms with Gasteiger partial charge in [-0.25, -0.2) is 0 Å². The van der Waals surface area contributed by atoms with Crippen molar-refractivity contribution in [2.24, 2.45) is 0 Å². The zero-order valence-corrected chi connectivity index (χ0v) is 15.5. The summed E-state index contributed by atoms with van der Waals surface area (Å²) >= 11 is 0. The average Bonchev–Trinajstić information content (AvgIpc) is 2.75. The quantitative estimate of drug-likeness (QED) is 0.649. The number of pyridine rings is 1. The summed E-state index contributed by atoms with van der Waals surface area (Å²) in [6.45, 7) is 1.90. The second-order valence-corrected chi connectivity index (χ2v) is 6.27. The Morgan fingerprint density at radius 3 is 2.25 bits per heavy atom. The van der Waals surface area contributed by atoms with E-state index in [4.69, 9.17) is 0 Å². The molecule has 0 saturated heterocycles. The molecule has 0 aliphatic heterocycles. The Morgan fingerprint density at radius 1 is 0.929 bits per heavy atom. The minimum atomic E-state index is -0.371. The fourth-order valence-corrected chi connectivity index (χ4v) is 2.67. The third-order valence-electron chi connectivity index (χ3n) is 4.17. The number of benzene rings is 2. The van der Waals surface area contributed by atoms with Crippen LogP contribution in [0.4, 0.5) is 0 Å². The van der Waals surface area contributed by atoms with Crippen molar-refractivity contribution >= 4 is 17.9 Å². The number of nitrogens with zero attached hydrogens (tertiary/aromatic N) is 1. The number of amides is 2. The second kappa shape index (κ2) is 9.28. The SMILES string of the molecule is C[C@@H](NC(=O)C(=Cc1cccnc1)NC(=O)c1ccccc1)c1ccccc1. The second-order valence-electron chi connectivity index (χ2n) is 6.27. The Kier molecular flexibility index (Phi) is 6.31. The molecular weight excluding hydrogens is 350 g/mol. The van der Waals surface area contributed by atoms with Gasteiger partial charge in [0.15, 0.2) is 0 Å². The summed E-state index contributed by atoms with van der Waals surface area (Å²) in [5.41, 5.74) is 2.33. The maximum absolute atomic E-state index is 12.9. The molecule has 140 valence electrons. The highest BCUT2D eigenvalue weighted by Gasteiger charge is 2.17. The highest BCUT2D eigenvalue weighted by Crippen LogP contribution is 2.13. The molecule has 5 heteroatoms. The molecule has 2 amide bonds. The van der Waals surface area contributed by atoms with Gasteiger partial charge in [0.1, 0.15) is 5.70 Å². The summed E-state index contributed by atoms with van der Waals surface area (Å²) in [6, 6.07) is 21.8. The van der Waals surface area contributed by atoms with Gasteiger partial charge in [-0.2, -0.15) is 0 Å². The standard InChI is InChI=1S/C23H21N3O2/c1-17(19-10-4-2-5-11-19)25-23(28)21(15-18-9-8-14-24-16-18)26-22(27)20-12-6-3-7-13-20/h2-17H,1H3,(H,25,28)(H,26,27)/t17-/m1/s1. The van der Waals surface area contributed by atoms with Gasteiger partial charge in [0, 0.05) is 18.0 Å². The van der Waals surface area contributed by atoms with Gasteiger partial charge >= 0.3 is 0 Å². The Balaban J connectivity index is 1.82. The van der Waals surface area contributed by atoms with Gasteiger partial charge < -0.3 is 10.6 Å². The van der Waals surface area contributed by atoms with Crippen LogP contribution in [0.25, 0.3) is 6.08 Å². The Hall–Kier alpha value is -3.73. The zero-order chi connectivity index (χ0) is 19.8. The summed E-state index contributed by atoms with van der Waals surface area (Å²) in [4.78, 5) is 29.5. The van der Waals surface area contributed by atoms with E-state index >= 15 is 0 Å². The lowest BCUT2D eigenvalue weighted by atomic mass is 10.1. The summed E-state index contributed by atoms with van der Waals surface area (Å²) in [7, 11) is 0. The minimum Gasteiger partial charge on any atom is -0.344 e. The smallest absolute Gasteiger partial charge is 0.268 e. The Bertz CT molecular complexity index is 955. The van der Waals surface area contributed by atoms with Crippen LogP contribution >= 0.6 is 0 Å². The van der Waals surface area contributed by atoms with Crippen molar-refractivity contribution in [2.45, 2.75) is 13.0 Å². The molecule has 2 N–H and O–H groups in total. The Morgan fingerprint density at radius 2 is 1.61 bits per heavy atom. The van der Waals surface area contributed by atoms with Crippen LogP contribution in [0.1, 0.15) is 34.5 Å². The summed E-state index contributed by atoms with van der Waals surface area (Å²) in [5.74, 6) is -0.720. The van der Waals surface area contributed by atoms with Crippen molar-refractivity contribution in [3.63, 3.8) is 0 Å². The lowest BCUT2D eigenvalue weighted by molar-refractivity contribution is -0.118. The normalized spacial score (nSPS) is 12.1. The van der Waals surface area contributed by atoms with Crippen LogP contribution in [0.3, 0.4) is 0 Å². The third-order valence-corrected chi connectivity index (χ3v) is 4.17. The topological polar surface area (TPSA) is 71.1 Å². The first kappa shape index (κ1) is 19.0. The molecule has 1 aromatic heterocycles. The van der Waals surface area contributed by atoms with E-state index in [1.54, 1.807) is 48.8 Å². The molecule has 0 radical (unpaired) electrons. The van der Waals surface area contributed by atoms with Crippen molar-refractivity contribution in [3.8, 4) is 0 Å². The van der Waals surface area contributed by atoms with Crippen LogP contribution < -0.4 is 10.6 Å². The maximum Gasteiger partial charge on any atom is 0.268 e. The van der Waals surface area contributed by atoms with Gasteiger partial charge in [0.25, 0.3) is 11.8 Å². The average molecular weight is 371 g/mol. The van der Waals surface area contributed by atoms with Crippen LogP contribution in [0.2, 0.25) is 0 Å². The molecule has 2 aromatic carbocycles. The first-order chi connectivity index (χ1) is 13.6. The molecule has 0 spiro atoms. The maximum atomic E-state index is 12.9. The lowest BCUT2D eigenvalue weighted by Crippen LogP contribution is -2.36. The summed E-state index contributed by atoms with van der Waals surface area (Å²) in [6.07, 6.45) is 4.89. The lowest BCUT2D eigenvalue weighted by Gasteiger charge is -2.16. The van der Waals surface area contributed by atoms with Crippen molar-refractivity contribution in [2.75, 3.05) is 0 Å². The van der Waals surface area contributed by atoms with E-state index in [1.807, 2.05) is 49.4 Å². The predicted molar refractivity (Wildman–Crippen MR) is 109 cm³/mol. The monoisotopic (exact) mass is 371 g/mol. The number of rotatable bonds is 6. The molecule has 0 unspecified atom stereocenters. The summed E-state index contributed by atoms with van der Waals surface area (Å²) < 4.78 is 0. The third kappa shape index (κ3) is 5.14. The molecule has 0 fully saturated rings. The van der Waals surface area contributed by atoms with E-state index in [1.165, 1.54) is 0 Å². The van der Waals surface area contributed by atoms with E-state index in [2.05, 4.69) is 15.6 Å². The van der Waals surface area contributed by atoms with Crippen LogP contribution in [0.15, 0.2) is 90.9 Å². The molecule has 1 heterocycles. The highest BCUT2D eigenvalue weighted by atomic mass is 16.2. The molecule has 3 rings (SSSR count). The van der Waals surface area contributed by atoms with Gasteiger partial charge in [0.05, 0.1) is 6.04 Å². The molecule has 0 bridgehead atoms. The van der Waals surface area contributed by atoms with Crippen molar-refractivity contribution in [3.05, 3.63) is 108 Å². The largest absolute Gasteiger partial charge is 0.344 e. The van der Waals surface area contributed by atoms with Gasteiger partial charge in [-0.3, -0.25) is 14.6 Å². The summed E-state index contributed by atoms with van der Waals surface area (Å²) in [5, 5.41) is 5.65. The molecule has 0 aliphatic carbocycles. The molecule has 0 aliphatic rings. The van der Waals surface area contributed by atoms with E-state index in [9.17, 15) is 9.59 Å². The van der Waals surface area contributed by atoms with Crippen LogP contribution in [-0.4, -0.2) is 16.8 Å². The van der Waals surface area contributed by atoms with Crippen molar-refractivity contribution in [1.29, 1.82) is 0 Å². The van der Waals surface area contributed by atoms with Gasteiger partial charge in [0.2, 0.25) is 0 Å². The van der Waals surface area contributed by atoms with Gasteiger partial charge in [-0.05, 0) is 42.3 Å². The van der Waals surface area contributed by atoms with E-state index in [0.29, 0.717) is 11.1 Å². The molecule has 1 atom stereocenters. The molecule has 28 heavy (non-hydrogen) atoms. The van der Waals surface area contributed by atoms with E-state index in [-0.39, 0.29) is 23.6 Å². The van der Waals surface area contributed by atoms with Crippen LogP contribution in [-0.2, 0) is 4.79 Å². The fraction of sp³-hybridized carbons (Fsp3) is 0.0870. The number of carbonyl (C=O) groups is 2. The van der Waals surface area contributed by atoms with E-state index < -0.39 is 0 Å². The van der Waals surface area contributed by atoms with Crippen molar-refractivity contribution < 1.29 is 9.59 Å².